The highest BCUT2D eigenvalue weighted by molar-refractivity contribution is 5.92. The lowest BCUT2D eigenvalue weighted by molar-refractivity contribution is -0.198. The van der Waals surface area contributed by atoms with Crippen LogP contribution in [0.3, 0.4) is 0 Å². The van der Waals surface area contributed by atoms with Crippen molar-refractivity contribution in [1.29, 1.82) is 0 Å². The molecule has 204 valence electrons. The van der Waals surface area contributed by atoms with Crippen LogP contribution in [0.5, 0.6) is 0 Å². The van der Waals surface area contributed by atoms with Crippen molar-refractivity contribution >= 4 is 17.5 Å². The van der Waals surface area contributed by atoms with E-state index in [4.69, 9.17) is 4.74 Å². The number of Topliss-reactive ketones (excluding diaryl/α,β-unsaturated/α-hetero) is 2. The van der Waals surface area contributed by atoms with E-state index in [1.807, 2.05) is 0 Å². The van der Waals surface area contributed by atoms with E-state index in [9.17, 15) is 14.4 Å². The van der Waals surface area contributed by atoms with Crippen LogP contribution in [0.2, 0.25) is 0 Å². The fourth-order valence-corrected chi connectivity index (χ4v) is 9.73. The molecule has 4 saturated carbocycles. The molecule has 0 aromatic heterocycles. The zero-order valence-corrected chi connectivity index (χ0v) is 24.1. The van der Waals surface area contributed by atoms with E-state index in [0.717, 1.165) is 38.5 Å². The fraction of sp³-hybridized carbons (Fsp3) is 0.903. The molecule has 0 aromatic rings. The topological polar surface area (TPSA) is 72.5 Å². The molecule has 4 aliphatic carbocycles. The molecular weight excluding hydrogens is 450 g/mol. The second-order valence-electron chi connectivity index (χ2n) is 14.0. The summed E-state index contributed by atoms with van der Waals surface area (Å²) in [5, 5.41) is 3.78. The van der Waals surface area contributed by atoms with E-state index < -0.39 is 5.41 Å². The minimum Gasteiger partial charge on any atom is -0.462 e. The molecule has 0 aromatic carbocycles. The van der Waals surface area contributed by atoms with Crippen LogP contribution in [0.25, 0.3) is 0 Å². The largest absolute Gasteiger partial charge is 0.462 e. The van der Waals surface area contributed by atoms with Crippen LogP contribution in [0.15, 0.2) is 0 Å². The van der Waals surface area contributed by atoms with Gasteiger partial charge in [-0.15, -0.1) is 0 Å². The smallest absolute Gasteiger partial charge is 0.302 e. The second-order valence-corrected chi connectivity index (χ2v) is 14.0. The SMILES string of the molecule is CC(=O)CC[C@@H](C)C1CCC2C3C(OC(C)=O)C[C@@H]4C[C@H](C)CC[C@]4(C)C3C(NC(C)C)C(=O)[C@@]21C. The minimum absolute atomic E-state index is 0.0791. The number of hydrogen-bond acceptors (Lipinski definition) is 5. The van der Waals surface area contributed by atoms with Crippen molar-refractivity contribution in [3.05, 3.63) is 0 Å². The van der Waals surface area contributed by atoms with E-state index in [2.05, 4.69) is 46.9 Å². The maximum atomic E-state index is 14.7. The van der Waals surface area contributed by atoms with Crippen molar-refractivity contribution in [2.45, 2.75) is 125 Å². The number of ketones is 2. The summed E-state index contributed by atoms with van der Waals surface area (Å²) in [6.45, 7) is 16.8. The van der Waals surface area contributed by atoms with Gasteiger partial charge in [0.1, 0.15) is 11.9 Å². The van der Waals surface area contributed by atoms with Gasteiger partial charge in [0.05, 0.1) is 6.04 Å². The third-order valence-electron chi connectivity index (χ3n) is 11.4. The average Bonchev–Trinajstić information content (AvgIpc) is 3.13. The first-order valence-corrected chi connectivity index (χ1v) is 14.8. The van der Waals surface area contributed by atoms with Gasteiger partial charge in [0.15, 0.2) is 5.78 Å². The molecule has 36 heavy (non-hydrogen) atoms. The first-order chi connectivity index (χ1) is 16.8. The first-order valence-electron chi connectivity index (χ1n) is 14.8. The Bertz CT molecular complexity index is 869. The summed E-state index contributed by atoms with van der Waals surface area (Å²) in [5.74, 6) is 2.78. The van der Waals surface area contributed by atoms with E-state index >= 15 is 0 Å². The van der Waals surface area contributed by atoms with Crippen molar-refractivity contribution in [2.24, 2.45) is 52.3 Å². The number of carbonyl (C=O) groups excluding carboxylic acids is 3. The minimum atomic E-state index is -0.451. The molecule has 5 heteroatoms. The number of hydrogen-bond donors (Lipinski definition) is 1. The van der Waals surface area contributed by atoms with Crippen LogP contribution in [-0.4, -0.2) is 35.7 Å². The van der Waals surface area contributed by atoms with Gasteiger partial charge in [0.2, 0.25) is 0 Å². The Morgan fingerprint density at radius 1 is 1.08 bits per heavy atom. The molecule has 4 aliphatic rings. The number of nitrogens with one attached hydrogen (secondary N) is 1. The monoisotopic (exact) mass is 501 g/mol. The van der Waals surface area contributed by atoms with Crippen molar-refractivity contribution in [3.63, 3.8) is 0 Å². The molecule has 0 radical (unpaired) electrons. The van der Waals surface area contributed by atoms with Crippen molar-refractivity contribution in [1.82, 2.24) is 5.32 Å². The lowest BCUT2D eigenvalue weighted by Gasteiger charge is -2.64. The molecule has 0 amide bonds. The van der Waals surface area contributed by atoms with Gasteiger partial charge in [-0.1, -0.05) is 48.0 Å². The van der Waals surface area contributed by atoms with Crippen molar-refractivity contribution in [3.8, 4) is 0 Å². The maximum Gasteiger partial charge on any atom is 0.302 e. The highest BCUT2D eigenvalue weighted by atomic mass is 16.5. The molecule has 6 unspecified atom stereocenters. The predicted octanol–water partition coefficient (Wildman–Crippen LogP) is 5.98. The van der Waals surface area contributed by atoms with E-state index in [1.165, 1.54) is 6.42 Å². The summed E-state index contributed by atoms with van der Waals surface area (Å²) in [6, 6.07) is -0.00970. The summed E-state index contributed by atoms with van der Waals surface area (Å²) in [6.07, 6.45) is 7.80. The molecule has 11 atom stereocenters. The van der Waals surface area contributed by atoms with Crippen molar-refractivity contribution < 1.29 is 19.1 Å². The summed E-state index contributed by atoms with van der Waals surface area (Å²) >= 11 is 0. The maximum absolute atomic E-state index is 14.7. The summed E-state index contributed by atoms with van der Waals surface area (Å²) in [5.41, 5.74) is -0.372. The second kappa shape index (κ2) is 10.2. The Labute approximate surface area is 219 Å². The number of rotatable bonds is 7. The Balaban J connectivity index is 1.80. The van der Waals surface area contributed by atoms with E-state index in [-0.39, 0.29) is 59.0 Å². The molecule has 5 nitrogen and oxygen atoms in total. The molecule has 0 spiro atoms. The van der Waals surface area contributed by atoms with E-state index in [1.54, 1.807) is 13.8 Å². The molecular formula is C31H51NO4. The fourth-order valence-electron chi connectivity index (χ4n) is 9.73. The van der Waals surface area contributed by atoms with Gasteiger partial charge in [0, 0.05) is 30.7 Å². The summed E-state index contributed by atoms with van der Waals surface area (Å²) in [7, 11) is 0. The van der Waals surface area contributed by atoms with Gasteiger partial charge in [-0.05, 0) is 86.4 Å². The summed E-state index contributed by atoms with van der Waals surface area (Å²) in [4.78, 5) is 38.9. The van der Waals surface area contributed by atoms with Crippen LogP contribution in [-0.2, 0) is 19.1 Å². The molecule has 1 N–H and O–H groups in total. The molecule has 0 bridgehead atoms. The molecule has 4 rings (SSSR count). The predicted molar refractivity (Wildman–Crippen MR) is 142 cm³/mol. The van der Waals surface area contributed by atoms with Gasteiger partial charge in [0.25, 0.3) is 0 Å². The van der Waals surface area contributed by atoms with Gasteiger partial charge in [-0.25, -0.2) is 0 Å². The Kier molecular flexibility index (Phi) is 7.84. The Morgan fingerprint density at radius 2 is 1.78 bits per heavy atom. The molecule has 0 heterocycles. The Morgan fingerprint density at radius 3 is 2.39 bits per heavy atom. The first kappa shape index (κ1) is 27.8. The highest BCUT2D eigenvalue weighted by Crippen LogP contribution is 2.68. The van der Waals surface area contributed by atoms with Crippen LogP contribution < -0.4 is 5.32 Å². The summed E-state index contributed by atoms with van der Waals surface area (Å²) < 4.78 is 6.18. The highest BCUT2D eigenvalue weighted by Gasteiger charge is 2.69. The lowest BCUT2D eigenvalue weighted by Crippen LogP contribution is -2.70. The van der Waals surface area contributed by atoms with Crippen LogP contribution in [0, 0.1) is 52.3 Å². The average molecular weight is 502 g/mol. The molecule has 0 aliphatic heterocycles. The van der Waals surface area contributed by atoms with Gasteiger partial charge in [-0.2, -0.15) is 0 Å². The molecule has 0 saturated heterocycles. The number of ether oxygens (including phenoxy) is 1. The Hall–Kier alpha value is -1.23. The normalized spacial score (nSPS) is 45.0. The third kappa shape index (κ3) is 4.60. The van der Waals surface area contributed by atoms with Gasteiger partial charge < -0.3 is 14.8 Å². The quantitative estimate of drug-likeness (QED) is 0.434. The zero-order chi connectivity index (χ0) is 26.6. The van der Waals surface area contributed by atoms with Gasteiger partial charge in [-0.3, -0.25) is 9.59 Å². The standard InChI is InChI=1S/C31H51NO4/c1-17(2)32-28-27-26(25(36-21(6)34)16-22-15-18(3)13-14-30(22,27)7)24-12-11-23(31(24,8)29(28)35)19(4)9-10-20(5)33/h17-19,22-28,32H,9-16H2,1-8H3/t18-,19-,22+,23?,24?,25?,26?,27?,28?,30+,31-/m1/s1. The van der Waals surface area contributed by atoms with E-state index in [0.29, 0.717) is 30.0 Å². The molecule has 4 fully saturated rings. The third-order valence-corrected chi connectivity index (χ3v) is 11.4. The zero-order valence-electron chi connectivity index (χ0n) is 24.1. The van der Waals surface area contributed by atoms with Crippen LogP contribution in [0.4, 0.5) is 0 Å². The number of fused-ring (bicyclic) bond motifs is 5. The lowest BCUT2D eigenvalue weighted by atomic mass is 9.41. The van der Waals surface area contributed by atoms with Crippen molar-refractivity contribution in [2.75, 3.05) is 0 Å². The van der Waals surface area contributed by atoms with Crippen LogP contribution in [0.1, 0.15) is 107 Å². The van der Waals surface area contributed by atoms with Crippen LogP contribution >= 0.6 is 0 Å². The number of esters is 1. The number of carbonyl (C=O) groups is 3. The van der Waals surface area contributed by atoms with Gasteiger partial charge >= 0.3 is 5.97 Å².